The summed E-state index contributed by atoms with van der Waals surface area (Å²) in [5.74, 6) is 0.353. The fourth-order valence-electron chi connectivity index (χ4n) is 1.87. The van der Waals surface area contributed by atoms with Gasteiger partial charge in [-0.15, -0.1) is 0 Å². The molecule has 1 fully saturated rings. The molecule has 6 nitrogen and oxygen atoms in total. The molecular weight excluding hydrogens is 234 g/mol. The van der Waals surface area contributed by atoms with Crippen molar-refractivity contribution in [3.63, 3.8) is 0 Å². The fraction of sp³-hybridized carbons (Fsp3) is 0.500. The minimum Gasteiger partial charge on any atom is -0.481 e. The van der Waals surface area contributed by atoms with Crippen molar-refractivity contribution < 1.29 is 14.3 Å². The van der Waals surface area contributed by atoms with Crippen molar-refractivity contribution in [1.29, 1.82) is 0 Å². The highest BCUT2D eigenvalue weighted by atomic mass is 16.5. The number of carbonyl (C=O) groups excluding carboxylic acids is 1. The summed E-state index contributed by atoms with van der Waals surface area (Å²) in [6.45, 7) is 0.452. The van der Waals surface area contributed by atoms with Gasteiger partial charge in [-0.1, -0.05) is 0 Å². The maximum absolute atomic E-state index is 11.9. The van der Waals surface area contributed by atoms with Crippen LogP contribution in [0.4, 0.5) is 5.69 Å². The first-order chi connectivity index (χ1) is 8.72. The van der Waals surface area contributed by atoms with E-state index in [-0.39, 0.29) is 12.0 Å². The van der Waals surface area contributed by atoms with Gasteiger partial charge in [0, 0.05) is 12.6 Å². The largest absolute Gasteiger partial charge is 0.481 e. The summed E-state index contributed by atoms with van der Waals surface area (Å²) in [5, 5.41) is 2.76. The van der Waals surface area contributed by atoms with Crippen molar-refractivity contribution >= 4 is 11.6 Å². The molecule has 0 aromatic carbocycles. The molecule has 0 aliphatic carbocycles. The minimum absolute atomic E-state index is 0.00487. The van der Waals surface area contributed by atoms with Gasteiger partial charge >= 0.3 is 0 Å². The standard InChI is InChI=1S/C12H17N3O3/c1-17-11-5-2-8(7-14-11)15-12(16)10-4-3-9(6-13)18-10/h2,5,7,9-10H,3-4,6,13H2,1H3,(H,15,16). The monoisotopic (exact) mass is 251 g/mol. The highest BCUT2D eigenvalue weighted by Crippen LogP contribution is 2.20. The fourth-order valence-corrected chi connectivity index (χ4v) is 1.87. The molecule has 3 N–H and O–H groups in total. The van der Waals surface area contributed by atoms with Crippen LogP contribution in [0.25, 0.3) is 0 Å². The van der Waals surface area contributed by atoms with Crippen LogP contribution in [-0.2, 0) is 9.53 Å². The lowest BCUT2D eigenvalue weighted by molar-refractivity contribution is -0.126. The summed E-state index contributed by atoms with van der Waals surface area (Å²) in [7, 11) is 1.54. The molecule has 1 aliphatic rings. The normalized spacial score (nSPS) is 22.8. The van der Waals surface area contributed by atoms with E-state index in [1.54, 1.807) is 25.4 Å². The lowest BCUT2D eigenvalue weighted by Crippen LogP contribution is -2.29. The van der Waals surface area contributed by atoms with Gasteiger partial charge in [-0.3, -0.25) is 4.79 Å². The van der Waals surface area contributed by atoms with Crippen molar-refractivity contribution in [2.45, 2.75) is 25.0 Å². The molecule has 6 heteroatoms. The Bertz CT molecular complexity index is 408. The minimum atomic E-state index is -0.416. The first-order valence-electron chi connectivity index (χ1n) is 5.89. The highest BCUT2D eigenvalue weighted by Gasteiger charge is 2.29. The van der Waals surface area contributed by atoms with Crippen molar-refractivity contribution in [2.24, 2.45) is 5.73 Å². The Morgan fingerprint density at radius 1 is 1.61 bits per heavy atom. The van der Waals surface area contributed by atoms with Crippen LogP contribution in [0.1, 0.15) is 12.8 Å². The zero-order chi connectivity index (χ0) is 13.0. The predicted molar refractivity (Wildman–Crippen MR) is 66.4 cm³/mol. The molecule has 0 bridgehead atoms. The molecule has 18 heavy (non-hydrogen) atoms. The van der Waals surface area contributed by atoms with E-state index in [2.05, 4.69) is 10.3 Å². The van der Waals surface area contributed by atoms with E-state index in [0.29, 0.717) is 24.5 Å². The zero-order valence-electron chi connectivity index (χ0n) is 10.3. The number of nitrogens with zero attached hydrogens (tertiary/aromatic N) is 1. The molecule has 0 spiro atoms. The van der Waals surface area contributed by atoms with Gasteiger partial charge in [0.15, 0.2) is 0 Å². The molecule has 2 heterocycles. The number of pyridine rings is 1. The van der Waals surface area contributed by atoms with E-state index in [1.165, 1.54) is 0 Å². The van der Waals surface area contributed by atoms with E-state index in [1.807, 2.05) is 0 Å². The second kappa shape index (κ2) is 5.79. The summed E-state index contributed by atoms with van der Waals surface area (Å²) in [4.78, 5) is 15.9. The molecule has 1 aromatic rings. The third-order valence-corrected chi connectivity index (χ3v) is 2.88. The Labute approximate surface area is 105 Å². The quantitative estimate of drug-likeness (QED) is 0.815. The molecule has 1 amide bonds. The molecule has 1 aliphatic heterocycles. The van der Waals surface area contributed by atoms with Crippen LogP contribution in [0, 0.1) is 0 Å². The number of rotatable bonds is 4. The van der Waals surface area contributed by atoms with Crippen LogP contribution in [0.5, 0.6) is 5.88 Å². The van der Waals surface area contributed by atoms with Gasteiger partial charge in [0.2, 0.25) is 5.88 Å². The lowest BCUT2D eigenvalue weighted by atomic mass is 10.2. The highest BCUT2D eigenvalue weighted by molar-refractivity contribution is 5.94. The summed E-state index contributed by atoms with van der Waals surface area (Å²) in [6.07, 6.45) is 2.66. The van der Waals surface area contributed by atoms with Crippen LogP contribution in [0.3, 0.4) is 0 Å². The van der Waals surface area contributed by atoms with Gasteiger partial charge < -0.3 is 20.5 Å². The SMILES string of the molecule is COc1ccc(NC(=O)C2CCC(CN)O2)cn1. The third kappa shape index (κ3) is 2.96. The Morgan fingerprint density at radius 3 is 3.00 bits per heavy atom. The third-order valence-electron chi connectivity index (χ3n) is 2.88. The van der Waals surface area contributed by atoms with Gasteiger partial charge in [0.25, 0.3) is 5.91 Å². The first-order valence-corrected chi connectivity index (χ1v) is 5.89. The van der Waals surface area contributed by atoms with Crippen molar-refractivity contribution in [2.75, 3.05) is 19.0 Å². The van der Waals surface area contributed by atoms with E-state index in [9.17, 15) is 4.79 Å². The van der Waals surface area contributed by atoms with Crippen LogP contribution in [0.2, 0.25) is 0 Å². The number of anilines is 1. The Balaban J connectivity index is 1.90. The van der Waals surface area contributed by atoms with Gasteiger partial charge in [0.05, 0.1) is 25.1 Å². The number of nitrogens with one attached hydrogen (secondary N) is 1. The number of aromatic nitrogens is 1. The van der Waals surface area contributed by atoms with Crippen LogP contribution in [0.15, 0.2) is 18.3 Å². The molecule has 98 valence electrons. The smallest absolute Gasteiger partial charge is 0.253 e. The molecule has 2 unspecified atom stereocenters. The van der Waals surface area contributed by atoms with Crippen LogP contribution in [-0.4, -0.2) is 36.8 Å². The average Bonchev–Trinajstić information content (AvgIpc) is 2.88. The number of nitrogens with two attached hydrogens (primary N) is 1. The molecule has 0 saturated carbocycles. The number of amides is 1. The van der Waals surface area contributed by atoms with E-state index < -0.39 is 6.10 Å². The molecular formula is C12H17N3O3. The van der Waals surface area contributed by atoms with Crippen molar-refractivity contribution in [3.05, 3.63) is 18.3 Å². The summed E-state index contributed by atoms with van der Waals surface area (Å²) < 4.78 is 10.4. The number of hydrogen-bond acceptors (Lipinski definition) is 5. The number of methoxy groups -OCH3 is 1. The average molecular weight is 251 g/mol. The van der Waals surface area contributed by atoms with Crippen molar-refractivity contribution in [1.82, 2.24) is 4.98 Å². The summed E-state index contributed by atoms with van der Waals surface area (Å²) in [6, 6.07) is 3.42. The lowest BCUT2D eigenvalue weighted by Gasteiger charge is -2.12. The summed E-state index contributed by atoms with van der Waals surface area (Å²) >= 11 is 0. The number of ether oxygens (including phenoxy) is 2. The maximum atomic E-state index is 11.9. The topological polar surface area (TPSA) is 86.5 Å². The van der Waals surface area contributed by atoms with Gasteiger partial charge in [-0.2, -0.15) is 0 Å². The van der Waals surface area contributed by atoms with E-state index in [4.69, 9.17) is 15.2 Å². The second-order valence-corrected chi connectivity index (χ2v) is 4.14. The molecule has 2 rings (SSSR count). The maximum Gasteiger partial charge on any atom is 0.253 e. The molecule has 2 atom stereocenters. The first kappa shape index (κ1) is 12.8. The number of carbonyl (C=O) groups is 1. The number of hydrogen-bond donors (Lipinski definition) is 2. The van der Waals surface area contributed by atoms with E-state index >= 15 is 0 Å². The van der Waals surface area contributed by atoms with Crippen LogP contribution < -0.4 is 15.8 Å². The Hall–Kier alpha value is -1.66. The molecule has 1 aromatic heterocycles. The Morgan fingerprint density at radius 2 is 2.44 bits per heavy atom. The predicted octanol–water partition coefficient (Wildman–Crippen LogP) is 0.535. The summed E-state index contributed by atoms with van der Waals surface area (Å²) in [5.41, 5.74) is 6.13. The molecule has 1 saturated heterocycles. The zero-order valence-corrected chi connectivity index (χ0v) is 10.3. The van der Waals surface area contributed by atoms with Gasteiger partial charge in [-0.05, 0) is 18.9 Å². The Kier molecular flexibility index (Phi) is 4.11. The van der Waals surface area contributed by atoms with Crippen LogP contribution >= 0.6 is 0 Å². The van der Waals surface area contributed by atoms with Crippen molar-refractivity contribution in [3.8, 4) is 5.88 Å². The van der Waals surface area contributed by atoms with Gasteiger partial charge in [0.1, 0.15) is 6.10 Å². The van der Waals surface area contributed by atoms with Gasteiger partial charge in [-0.25, -0.2) is 4.98 Å². The molecule has 0 radical (unpaired) electrons. The van der Waals surface area contributed by atoms with E-state index in [0.717, 1.165) is 6.42 Å². The second-order valence-electron chi connectivity index (χ2n) is 4.14.